The van der Waals surface area contributed by atoms with Crippen molar-refractivity contribution < 1.29 is 4.42 Å². The van der Waals surface area contributed by atoms with Crippen LogP contribution in [-0.2, 0) is 0 Å². The van der Waals surface area contributed by atoms with Gasteiger partial charge in [-0.3, -0.25) is 0 Å². The van der Waals surface area contributed by atoms with Gasteiger partial charge in [-0.05, 0) is 23.6 Å². The first-order chi connectivity index (χ1) is 7.08. The van der Waals surface area contributed by atoms with Gasteiger partial charge in [0.1, 0.15) is 0 Å². The monoisotopic (exact) mass is 203 g/mol. The van der Waals surface area contributed by atoms with Crippen molar-refractivity contribution in [1.82, 2.24) is 4.98 Å². The van der Waals surface area contributed by atoms with Crippen molar-refractivity contribution in [1.29, 1.82) is 0 Å². The summed E-state index contributed by atoms with van der Waals surface area (Å²) >= 11 is 0. The first-order valence-electron chi connectivity index (χ1n) is 4.99. The maximum absolute atomic E-state index is 11.5. The molecule has 0 saturated carbocycles. The number of aromatic nitrogens is 1. The molecule has 0 fully saturated rings. The molecular weight excluding hydrogens is 190 g/mol. The second-order valence-corrected chi connectivity index (χ2v) is 3.95. The van der Waals surface area contributed by atoms with E-state index in [2.05, 4.69) is 18.8 Å². The smallest absolute Gasteiger partial charge is 0.346 e. The second kappa shape index (κ2) is 3.50. The molecule has 1 aromatic carbocycles. The van der Waals surface area contributed by atoms with E-state index in [1.165, 1.54) is 5.56 Å². The highest BCUT2D eigenvalue weighted by Crippen LogP contribution is 2.18. The van der Waals surface area contributed by atoms with Crippen molar-refractivity contribution in [3.63, 3.8) is 0 Å². The van der Waals surface area contributed by atoms with Crippen LogP contribution >= 0.6 is 0 Å². The molecule has 1 heterocycles. The maximum Gasteiger partial charge on any atom is 0.346 e. The van der Waals surface area contributed by atoms with Crippen LogP contribution in [0.3, 0.4) is 0 Å². The molecular formula is C12H13NO2. The quantitative estimate of drug-likeness (QED) is 0.715. The largest absolute Gasteiger partial charge is 0.408 e. The predicted octanol–water partition coefficient (Wildman–Crippen LogP) is 2.62. The number of nitrogens with zero attached hydrogens (tertiary/aromatic N) is 1. The van der Waals surface area contributed by atoms with E-state index in [0.717, 1.165) is 5.52 Å². The SMILES string of the molecule is Cc1nc2cc(C(C)C)ccc2c(=O)o1. The Hall–Kier alpha value is -1.64. The van der Waals surface area contributed by atoms with Crippen molar-refractivity contribution in [3.8, 4) is 0 Å². The standard InChI is InChI=1S/C12H13NO2/c1-7(2)9-4-5-10-11(6-9)13-8(3)15-12(10)14/h4-7H,1-3H3. The Balaban J connectivity index is 2.77. The summed E-state index contributed by atoms with van der Waals surface area (Å²) in [6.45, 7) is 5.90. The van der Waals surface area contributed by atoms with Crippen LogP contribution in [0.2, 0.25) is 0 Å². The maximum atomic E-state index is 11.5. The second-order valence-electron chi connectivity index (χ2n) is 3.95. The van der Waals surface area contributed by atoms with Crippen molar-refractivity contribution >= 4 is 10.9 Å². The number of rotatable bonds is 1. The zero-order valence-electron chi connectivity index (χ0n) is 9.07. The summed E-state index contributed by atoms with van der Waals surface area (Å²) in [6, 6.07) is 5.67. The van der Waals surface area contributed by atoms with E-state index in [1.807, 2.05) is 12.1 Å². The molecule has 3 nitrogen and oxygen atoms in total. The van der Waals surface area contributed by atoms with Crippen molar-refractivity contribution in [2.45, 2.75) is 26.7 Å². The van der Waals surface area contributed by atoms with Gasteiger partial charge in [-0.1, -0.05) is 19.9 Å². The highest BCUT2D eigenvalue weighted by Gasteiger charge is 2.06. The Morgan fingerprint density at radius 3 is 2.73 bits per heavy atom. The summed E-state index contributed by atoms with van der Waals surface area (Å²) in [4.78, 5) is 15.7. The molecule has 0 atom stereocenters. The Kier molecular flexibility index (Phi) is 2.31. The molecule has 78 valence electrons. The third-order valence-electron chi connectivity index (χ3n) is 2.43. The lowest BCUT2D eigenvalue weighted by Crippen LogP contribution is -2.03. The lowest BCUT2D eigenvalue weighted by atomic mass is 10.0. The van der Waals surface area contributed by atoms with Gasteiger partial charge in [-0.15, -0.1) is 0 Å². The van der Waals surface area contributed by atoms with Crippen LogP contribution in [0.5, 0.6) is 0 Å². The van der Waals surface area contributed by atoms with Gasteiger partial charge in [0.2, 0.25) is 0 Å². The van der Waals surface area contributed by atoms with Crippen LogP contribution < -0.4 is 5.63 Å². The van der Waals surface area contributed by atoms with Gasteiger partial charge in [-0.25, -0.2) is 9.78 Å². The molecule has 3 heteroatoms. The molecule has 0 radical (unpaired) electrons. The van der Waals surface area contributed by atoms with E-state index >= 15 is 0 Å². The fraction of sp³-hybridized carbons (Fsp3) is 0.333. The summed E-state index contributed by atoms with van der Waals surface area (Å²) < 4.78 is 4.92. The summed E-state index contributed by atoms with van der Waals surface area (Å²) in [5.74, 6) is 0.845. The van der Waals surface area contributed by atoms with Crippen molar-refractivity contribution in [2.24, 2.45) is 0 Å². The lowest BCUT2D eigenvalue weighted by Gasteiger charge is -2.05. The van der Waals surface area contributed by atoms with Gasteiger partial charge < -0.3 is 4.42 Å². The van der Waals surface area contributed by atoms with Gasteiger partial charge >= 0.3 is 5.63 Å². The lowest BCUT2D eigenvalue weighted by molar-refractivity contribution is 0.467. The molecule has 2 rings (SSSR count). The zero-order chi connectivity index (χ0) is 11.0. The highest BCUT2D eigenvalue weighted by molar-refractivity contribution is 5.77. The van der Waals surface area contributed by atoms with Crippen LogP contribution in [0.4, 0.5) is 0 Å². The van der Waals surface area contributed by atoms with E-state index in [-0.39, 0.29) is 5.63 Å². The minimum atomic E-state index is -0.312. The molecule has 0 aliphatic heterocycles. The van der Waals surface area contributed by atoms with Gasteiger partial charge in [-0.2, -0.15) is 0 Å². The normalized spacial score (nSPS) is 11.2. The Labute approximate surface area is 87.8 Å². The molecule has 1 aromatic heterocycles. The van der Waals surface area contributed by atoms with Crippen LogP contribution in [0, 0.1) is 6.92 Å². The van der Waals surface area contributed by atoms with Crippen LogP contribution in [0.15, 0.2) is 27.4 Å². The van der Waals surface area contributed by atoms with Crippen molar-refractivity contribution in [3.05, 3.63) is 40.1 Å². The van der Waals surface area contributed by atoms with E-state index in [9.17, 15) is 4.79 Å². The Morgan fingerprint density at radius 1 is 1.33 bits per heavy atom. The molecule has 0 N–H and O–H groups in total. The molecule has 0 bridgehead atoms. The van der Waals surface area contributed by atoms with Gasteiger partial charge in [0.15, 0.2) is 5.89 Å². The summed E-state index contributed by atoms with van der Waals surface area (Å²) in [5, 5.41) is 0.546. The summed E-state index contributed by atoms with van der Waals surface area (Å²) in [7, 11) is 0. The predicted molar refractivity (Wildman–Crippen MR) is 59.1 cm³/mol. The van der Waals surface area contributed by atoms with E-state index in [1.54, 1.807) is 13.0 Å². The third kappa shape index (κ3) is 1.77. The minimum absolute atomic E-state index is 0.312. The number of aryl methyl sites for hydroxylation is 1. The van der Waals surface area contributed by atoms with Crippen LogP contribution in [0.25, 0.3) is 10.9 Å². The van der Waals surface area contributed by atoms with Crippen LogP contribution in [-0.4, -0.2) is 4.98 Å². The van der Waals surface area contributed by atoms with Gasteiger partial charge in [0, 0.05) is 6.92 Å². The average Bonchev–Trinajstić information content (AvgIpc) is 2.16. The fourth-order valence-corrected chi connectivity index (χ4v) is 1.55. The molecule has 0 saturated heterocycles. The highest BCUT2D eigenvalue weighted by atomic mass is 16.4. The van der Waals surface area contributed by atoms with E-state index in [4.69, 9.17) is 4.42 Å². The minimum Gasteiger partial charge on any atom is -0.408 e. The van der Waals surface area contributed by atoms with Gasteiger partial charge in [0.25, 0.3) is 0 Å². The Bertz CT molecular complexity index is 555. The molecule has 15 heavy (non-hydrogen) atoms. The van der Waals surface area contributed by atoms with Crippen LogP contribution in [0.1, 0.15) is 31.2 Å². The number of hydrogen-bond acceptors (Lipinski definition) is 3. The molecule has 0 amide bonds. The van der Waals surface area contributed by atoms with E-state index in [0.29, 0.717) is 17.2 Å². The summed E-state index contributed by atoms with van der Waals surface area (Å²) in [5.41, 5.74) is 1.59. The topological polar surface area (TPSA) is 43.1 Å². The third-order valence-corrected chi connectivity index (χ3v) is 2.43. The fourth-order valence-electron chi connectivity index (χ4n) is 1.55. The number of hydrogen-bond donors (Lipinski definition) is 0. The Morgan fingerprint density at radius 2 is 2.07 bits per heavy atom. The first kappa shape index (κ1) is 9.90. The molecule has 2 aromatic rings. The number of fused-ring (bicyclic) bond motifs is 1. The summed E-state index contributed by atoms with van der Waals surface area (Å²) in [6.07, 6.45) is 0. The average molecular weight is 203 g/mol. The number of benzene rings is 1. The molecule has 0 aliphatic rings. The van der Waals surface area contributed by atoms with E-state index < -0.39 is 0 Å². The zero-order valence-corrected chi connectivity index (χ0v) is 9.07. The molecule has 0 aliphatic carbocycles. The van der Waals surface area contributed by atoms with Gasteiger partial charge in [0.05, 0.1) is 10.9 Å². The van der Waals surface area contributed by atoms with Crippen molar-refractivity contribution in [2.75, 3.05) is 0 Å². The molecule has 0 unspecified atom stereocenters. The first-order valence-corrected chi connectivity index (χ1v) is 4.99. The molecule has 0 spiro atoms.